The zero-order chi connectivity index (χ0) is 15.6. The molecule has 2 rings (SSSR count). The molecule has 1 heterocycles. The first kappa shape index (κ1) is 15.5. The summed E-state index contributed by atoms with van der Waals surface area (Å²) in [6.45, 7) is 6.73. The molecule has 2 fully saturated rings. The number of carbonyl (C=O) groups is 3. The minimum absolute atomic E-state index is 0.0248. The van der Waals surface area contributed by atoms with Gasteiger partial charge >= 0.3 is 17.9 Å². The van der Waals surface area contributed by atoms with Crippen LogP contribution in [0.25, 0.3) is 0 Å². The standard InChI is InChI=1S/C15H20O6/c1-9(2)13(17)19-7-6-12(16)20-11-5-4-10-8-15(11,3)21-14(10)18/h10-11H,1,4-8H2,2-3H3. The first-order valence-electron chi connectivity index (χ1n) is 7.07. The van der Waals surface area contributed by atoms with Crippen molar-refractivity contribution in [3.63, 3.8) is 0 Å². The van der Waals surface area contributed by atoms with Gasteiger partial charge in [-0.15, -0.1) is 0 Å². The average molecular weight is 296 g/mol. The molecule has 0 spiro atoms. The monoisotopic (exact) mass is 296 g/mol. The molecule has 0 amide bonds. The summed E-state index contributed by atoms with van der Waals surface area (Å²) in [6, 6.07) is 0. The van der Waals surface area contributed by atoms with Gasteiger partial charge in [-0.1, -0.05) is 6.58 Å². The molecule has 21 heavy (non-hydrogen) atoms. The van der Waals surface area contributed by atoms with Gasteiger partial charge in [-0.3, -0.25) is 9.59 Å². The van der Waals surface area contributed by atoms with Gasteiger partial charge in [0.1, 0.15) is 18.3 Å². The molecule has 116 valence electrons. The van der Waals surface area contributed by atoms with Crippen LogP contribution in [0.2, 0.25) is 0 Å². The number of esters is 3. The largest absolute Gasteiger partial charge is 0.462 e. The molecule has 1 aliphatic heterocycles. The average Bonchev–Trinajstić information content (AvgIpc) is 2.64. The molecule has 3 atom stereocenters. The van der Waals surface area contributed by atoms with Gasteiger partial charge in [0, 0.05) is 12.0 Å². The van der Waals surface area contributed by atoms with Crippen molar-refractivity contribution in [1.29, 1.82) is 0 Å². The van der Waals surface area contributed by atoms with Crippen molar-refractivity contribution in [3.05, 3.63) is 12.2 Å². The lowest BCUT2D eigenvalue weighted by Gasteiger charge is -2.34. The van der Waals surface area contributed by atoms with E-state index < -0.39 is 23.6 Å². The molecule has 3 unspecified atom stereocenters. The molecule has 1 aliphatic carbocycles. The third-order valence-electron chi connectivity index (χ3n) is 3.94. The number of carbonyl (C=O) groups excluding carboxylic acids is 3. The van der Waals surface area contributed by atoms with E-state index in [-0.39, 0.29) is 30.5 Å². The van der Waals surface area contributed by atoms with E-state index in [0.29, 0.717) is 19.3 Å². The van der Waals surface area contributed by atoms with E-state index in [1.165, 1.54) is 6.92 Å². The van der Waals surface area contributed by atoms with Crippen LogP contribution in [-0.4, -0.2) is 36.2 Å². The summed E-state index contributed by atoms with van der Waals surface area (Å²) in [4.78, 5) is 34.5. The fraction of sp³-hybridized carbons (Fsp3) is 0.667. The van der Waals surface area contributed by atoms with E-state index in [4.69, 9.17) is 14.2 Å². The summed E-state index contributed by atoms with van der Waals surface area (Å²) in [5, 5.41) is 0. The lowest BCUT2D eigenvalue weighted by atomic mass is 9.80. The molecule has 2 bridgehead atoms. The molecule has 0 N–H and O–H groups in total. The zero-order valence-electron chi connectivity index (χ0n) is 12.3. The van der Waals surface area contributed by atoms with Crippen LogP contribution in [0.4, 0.5) is 0 Å². The van der Waals surface area contributed by atoms with Gasteiger partial charge in [-0.05, 0) is 26.7 Å². The van der Waals surface area contributed by atoms with E-state index in [1.807, 2.05) is 0 Å². The molecule has 0 aromatic carbocycles. The normalized spacial score (nSPS) is 30.5. The Balaban J connectivity index is 1.79. The van der Waals surface area contributed by atoms with Crippen LogP contribution in [0.5, 0.6) is 0 Å². The Hall–Kier alpha value is -1.85. The summed E-state index contributed by atoms with van der Waals surface area (Å²) in [5.41, 5.74) is -0.434. The Morgan fingerprint density at radius 2 is 2.14 bits per heavy atom. The van der Waals surface area contributed by atoms with Crippen LogP contribution in [0.1, 0.15) is 39.5 Å². The van der Waals surface area contributed by atoms with Crippen molar-refractivity contribution < 1.29 is 28.6 Å². The van der Waals surface area contributed by atoms with E-state index in [9.17, 15) is 14.4 Å². The van der Waals surface area contributed by atoms with Crippen molar-refractivity contribution in [2.24, 2.45) is 5.92 Å². The van der Waals surface area contributed by atoms with Crippen molar-refractivity contribution in [3.8, 4) is 0 Å². The summed E-state index contributed by atoms with van der Waals surface area (Å²) in [7, 11) is 0. The second kappa shape index (κ2) is 5.87. The molecule has 1 saturated carbocycles. The zero-order valence-corrected chi connectivity index (χ0v) is 12.3. The van der Waals surface area contributed by atoms with Gasteiger partial charge < -0.3 is 14.2 Å². The molecular formula is C15H20O6. The van der Waals surface area contributed by atoms with Gasteiger partial charge in [0.05, 0.1) is 12.3 Å². The first-order chi connectivity index (χ1) is 9.82. The Morgan fingerprint density at radius 1 is 1.43 bits per heavy atom. The fourth-order valence-electron chi connectivity index (χ4n) is 2.75. The molecule has 2 aliphatic rings. The Labute approximate surface area is 123 Å². The maximum Gasteiger partial charge on any atom is 0.333 e. The number of ether oxygens (including phenoxy) is 3. The summed E-state index contributed by atoms with van der Waals surface area (Å²) >= 11 is 0. The summed E-state index contributed by atoms with van der Waals surface area (Å²) in [6.07, 6.45) is 1.43. The SMILES string of the molecule is C=C(C)C(=O)OCCC(=O)OC1CCC2CC1(C)OC2=O. The van der Waals surface area contributed by atoms with Gasteiger partial charge in [0.15, 0.2) is 0 Å². The third-order valence-corrected chi connectivity index (χ3v) is 3.94. The van der Waals surface area contributed by atoms with Gasteiger partial charge in [-0.25, -0.2) is 4.79 Å². The molecule has 1 saturated heterocycles. The van der Waals surface area contributed by atoms with Crippen LogP contribution in [0.15, 0.2) is 12.2 Å². The summed E-state index contributed by atoms with van der Waals surface area (Å²) in [5.74, 6) is -1.26. The number of hydrogen-bond acceptors (Lipinski definition) is 6. The molecule has 0 aromatic rings. The quantitative estimate of drug-likeness (QED) is 0.435. The minimum Gasteiger partial charge on any atom is -0.462 e. The Bertz CT molecular complexity index is 483. The summed E-state index contributed by atoms with van der Waals surface area (Å²) < 4.78 is 15.6. The predicted molar refractivity (Wildman–Crippen MR) is 72.1 cm³/mol. The van der Waals surface area contributed by atoms with E-state index in [2.05, 4.69) is 6.58 Å². The van der Waals surface area contributed by atoms with Crippen molar-refractivity contribution in [2.75, 3.05) is 6.61 Å². The van der Waals surface area contributed by atoms with Crippen LogP contribution in [0.3, 0.4) is 0 Å². The lowest BCUT2D eigenvalue weighted by molar-refractivity contribution is -0.174. The van der Waals surface area contributed by atoms with Gasteiger partial charge in [-0.2, -0.15) is 0 Å². The second-order valence-corrected chi connectivity index (χ2v) is 5.86. The number of rotatable bonds is 5. The predicted octanol–water partition coefficient (Wildman–Crippen LogP) is 1.52. The van der Waals surface area contributed by atoms with Crippen molar-refractivity contribution in [1.82, 2.24) is 0 Å². The van der Waals surface area contributed by atoms with Gasteiger partial charge in [0.25, 0.3) is 0 Å². The van der Waals surface area contributed by atoms with Crippen molar-refractivity contribution >= 4 is 17.9 Å². The topological polar surface area (TPSA) is 78.9 Å². The third kappa shape index (κ3) is 3.43. The highest BCUT2D eigenvalue weighted by Gasteiger charge is 2.53. The molecular weight excluding hydrogens is 276 g/mol. The smallest absolute Gasteiger partial charge is 0.333 e. The minimum atomic E-state index is -0.718. The van der Waals surface area contributed by atoms with Gasteiger partial charge in [0.2, 0.25) is 0 Å². The molecule has 6 nitrogen and oxygen atoms in total. The van der Waals surface area contributed by atoms with Crippen LogP contribution in [0, 0.1) is 5.92 Å². The maximum absolute atomic E-state index is 11.8. The Morgan fingerprint density at radius 3 is 2.81 bits per heavy atom. The van der Waals surface area contributed by atoms with Crippen LogP contribution < -0.4 is 0 Å². The molecule has 0 radical (unpaired) electrons. The number of fused-ring (bicyclic) bond motifs is 2. The van der Waals surface area contributed by atoms with Crippen LogP contribution in [-0.2, 0) is 28.6 Å². The number of hydrogen-bond donors (Lipinski definition) is 0. The molecule has 6 heteroatoms. The first-order valence-corrected chi connectivity index (χ1v) is 7.07. The highest BCUT2D eigenvalue weighted by molar-refractivity contribution is 5.87. The maximum atomic E-state index is 11.8. The highest BCUT2D eigenvalue weighted by Crippen LogP contribution is 2.43. The Kier molecular flexibility index (Phi) is 4.34. The van der Waals surface area contributed by atoms with Crippen molar-refractivity contribution in [2.45, 2.75) is 51.2 Å². The van der Waals surface area contributed by atoms with E-state index in [1.54, 1.807) is 6.92 Å². The van der Waals surface area contributed by atoms with E-state index >= 15 is 0 Å². The second-order valence-electron chi connectivity index (χ2n) is 5.86. The highest BCUT2D eigenvalue weighted by atomic mass is 16.6. The lowest BCUT2D eigenvalue weighted by Crippen LogP contribution is -2.44. The molecule has 0 aromatic heterocycles. The van der Waals surface area contributed by atoms with E-state index in [0.717, 1.165) is 0 Å². The van der Waals surface area contributed by atoms with Crippen LogP contribution >= 0.6 is 0 Å². The fourth-order valence-corrected chi connectivity index (χ4v) is 2.75.